The number of phenols is 1. The molecule has 2 aliphatic heterocycles. The fourth-order valence-electron chi connectivity index (χ4n) is 2.90. The smallest absolute Gasteiger partial charge is 0.160 e. The van der Waals surface area contributed by atoms with Crippen molar-refractivity contribution in [2.75, 3.05) is 46.4 Å². The monoisotopic (exact) mass is 277 g/mol. The Hall–Kier alpha value is -1.30. The number of hydrogen-bond donors (Lipinski definition) is 2. The van der Waals surface area contributed by atoms with E-state index in [1.165, 1.54) is 5.56 Å². The molecule has 0 atom stereocenters. The maximum Gasteiger partial charge on any atom is 0.160 e. The Morgan fingerprint density at radius 1 is 1.25 bits per heavy atom. The molecule has 5 nitrogen and oxygen atoms in total. The van der Waals surface area contributed by atoms with E-state index in [-0.39, 0.29) is 5.75 Å². The first-order valence-corrected chi connectivity index (χ1v) is 7.29. The lowest BCUT2D eigenvalue weighted by Crippen LogP contribution is -2.61. The quantitative estimate of drug-likeness (QED) is 0.839. The zero-order chi connectivity index (χ0) is 13.9. The van der Waals surface area contributed by atoms with Gasteiger partial charge in [0.25, 0.3) is 0 Å². The molecule has 110 valence electrons. The number of aromatic hydroxyl groups is 1. The standard InChI is InChI=1S/C15H23N3O2/c1-20-15-8-12(2-3-14(15)19)11-17-4-6-18(7-5-17)13-9-16-10-13/h2-3,8,13,16,19H,4-7,9-11H2,1H3. The molecule has 0 spiro atoms. The van der Waals surface area contributed by atoms with E-state index in [0.29, 0.717) is 5.75 Å². The van der Waals surface area contributed by atoms with Crippen LogP contribution in [0.1, 0.15) is 5.56 Å². The van der Waals surface area contributed by atoms with Gasteiger partial charge in [-0.3, -0.25) is 9.80 Å². The average Bonchev–Trinajstić information content (AvgIpc) is 2.41. The molecule has 2 heterocycles. The van der Waals surface area contributed by atoms with E-state index < -0.39 is 0 Å². The predicted octanol–water partition coefficient (Wildman–Crippen LogP) is 0.490. The largest absolute Gasteiger partial charge is 0.504 e. The number of hydrogen-bond acceptors (Lipinski definition) is 5. The van der Waals surface area contributed by atoms with Gasteiger partial charge < -0.3 is 15.2 Å². The minimum Gasteiger partial charge on any atom is -0.504 e. The molecule has 1 aromatic carbocycles. The molecule has 0 saturated carbocycles. The molecular weight excluding hydrogens is 254 g/mol. The number of methoxy groups -OCH3 is 1. The Morgan fingerprint density at radius 2 is 2.00 bits per heavy atom. The first-order valence-electron chi connectivity index (χ1n) is 7.29. The fraction of sp³-hybridized carbons (Fsp3) is 0.600. The van der Waals surface area contributed by atoms with Gasteiger partial charge in [-0.15, -0.1) is 0 Å². The average molecular weight is 277 g/mol. The predicted molar refractivity (Wildman–Crippen MR) is 78.2 cm³/mol. The van der Waals surface area contributed by atoms with E-state index in [2.05, 4.69) is 15.1 Å². The molecule has 0 bridgehead atoms. The van der Waals surface area contributed by atoms with Gasteiger partial charge in [0.15, 0.2) is 11.5 Å². The minimum absolute atomic E-state index is 0.207. The van der Waals surface area contributed by atoms with Gasteiger partial charge in [-0.1, -0.05) is 6.07 Å². The van der Waals surface area contributed by atoms with Gasteiger partial charge in [0.1, 0.15) is 0 Å². The molecule has 2 N–H and O–H groups in total. The van der Waals surface area contributed by atoms with Crippen LogP contribution in [0.2, 0.25) is 0 Å². The van der Waals surface area contributed by atoms with Gasteiger partial charge in [-0.05, 0) is 17.7 Å². The summed E-state index contributed by atoms with van der Waals surface area (Å²) in [6.45, 7) is 7.75. The Morgan fingerprint density at radius 3 is 2.60 bits per heavy atom. The summed E-state index contributed by atoms with van der Waals surface area (Å²) in [5.41, 5.74) is 1.19. The fourth-order valence-corrected chi connectivity index (χ4v) is 2.90. The second kappa shape index (κ2) is 5.99. The van der Waals surface area contributed by atoms with Crippen LogP contribution >= 0.6 is 0 Å². The van der Waals surface area contributed by atoms with Gasteiger partial charge in [-0.2, -0.15) is 0 Å². The summed E-state index contributed by atoms with van der Waals surface area (Å²) in [5.74, 6) is 0.764. The Bertz CT molecular complexity index is 454. The molecule has 2 aliphatic rings. The highest BCUT2D eigenvalue weighted by Crippen LogP contribution is 2.27. The van der Waals surface area contributed by atoms with Crippen LogP contribution in [0.4, 0.5) is 0 Å². The molecule has 0 aliphatic carbocycles. The van der Waals surface area contributed by atoms with Crippen molar-refractivity contribution in [3.63, 3.8) is 0 Å². The van der Waals surface area contributed by atoms with Gasteiger partial charge in [0.05, 0.1) is 7.11 Å². The van der Waals surface area contributed by atoms with E-state index in [4.69, 9.17) is 4.74 Å². The summed E-state index contributed by atoms with van der Waals surface area (Å²) in [5, 5.41) is 13.0. The molecule has 3 rings (SSSR count). The zero-order valence-electron chi connectivity index (χ0n) is 12.0. The topological polar surface area (TPSA) is 48.0 Å². The molecular formula is C15H23N3O2. The lowest BCUT2D eigenvalue weighted by atomic mass is 10.1. The van der Waals surface area contributed by atoms with Crippen molar-refractivity contribution in [2.45, 2.75) is 12.6 Å². The normalized spacial score (nSPS) is 21.6. The lowest BCUT2D eigenvalue weighted by molar-refractivity contribution is 0.0695. The molecule has 0 radical (unpaired) electrons. The second-order valence-corrected chi connectivity index (χ2v) is 5.63. The van der Waals surface area contributed by atoms with Crippen LogP contribution in [0.3, 0.4) is 0 Å². The highest BCUT2D eigenvalue weighted by molar-refractivity contribution is 5.41. The summed E-state index contributed by atoms with van der Waals surface area (Å²) in [6.07, 6.45) is 0. The molecule has 2 saturated heterocycles. The van der Waals surface area contributed by atoms with Crippen LogP contribution < -0.4 is 10.1 Å². The number of phenolic OH excluding ortho intramolecular Hbond substituents is 1. The Kier molecular flexibility index (Phi) is 4.10. The van der Waals surface area contributed by atoms with E-state index in [1.54, 1.807) is 13.2 Å². The van der Waals surface area contributed by atoms with E-state index in [9.17, 15) is 5.11 Å². The van der Waals surface area contributed by atoms with Crippen molar-refractivity contribution >= 4 is 0 Å². The van der Waals surface area contributed by atoms with Gasteiger partial charge in [0, 0.05) is 51.9 Å². The van der Waals surface area contributed by atoms with E-state index in [0.717, 1.165) is 51.9 Å². The van der Waals surface area contributed by atoms with Gasteiger partial charge in [-0.25, -0.2) is 0 Å². The van der Waals surface area contributed by atoms with Crippen LogP contribution in [0.5, 0.6) is 11.5 Å². The SMILES string of the molecule is COc1cc(CN2CCN(C3CNC3)CC2)ccc1O. The van der Waals surface area contributed by atoms with E-state index >= 15 is 0 Å². The Labute approximate surface area is 120 Å². The van der Waals surface area contributed by atoms with Gasteiger partial charge >= 0.3 is 0 Å². The van der Waals surface area contributed by atoms with Crippen molar-refractivity contribution in [2.24, 2.45) is 0 Å². The number of rotatable bonds is 4. The van der Waals surface area contributed by atoms with Crippen LogP contribution in [-0.4, -0.2) is 67.3 Å². The van der Waals surface area contributed by atoms with Crippen molar-refractivity contribution in [1.82, 2.24) is 15.1 Å². The molecule has 20 heavy (non-hydrogen) atoms. The third-order valence-corrected chi connectivity index (χ3v) is 4.33. The third-order valence-electron chi connectivity index (χ3n) is 4.33. The first kappa shape index (κ1) is 13.7. The third kappa shape index (κ3) is 2.90. The molecule has 0 unspecified atom stereocenters. The highest BCUT2D eigenvalue weighted by atomic mass is 16.5. The van der Waals surface area contributed by atoms with Gasteiger partial charge in [0.2, 0.25) is 0 Å². The van der Waals surface area contributed by atoms with Crippen LogP contribution in [0.25, 0.3) is 0 Å². The summed E-state index contributed by atoms with van der Waals surface area (Å²) in [7, 11) is 1.59. The van der Waals surface area contributed by atoms with Crippen molar-refractivity contribution in [3.05, 3.63) is 23.8 Å². The number of nitrogens with zero attached hydrogens (tertiary/aromatic N) is 2. The maximum absolute atomic E-state index is 9.62. The summed E-state index contributed by atoms with van der Waals surface area (Å²) < 4.78 is 5.16. The Balaban J connectivity index is 1.53. The molecule has 2 fully saturated rings. The second-order valence-electron chi connectivity index (χ2n) is 5.63. The first-order chi connectivity index (χ1) is 9.76. The molecule has 5 heteroatoms. The van der Waals surface area contributed by atoms with Crippen LogP contribution in [-0.2, 0) is 6.54 Å². The highest BCUT2D eigenvalue weighted by Gasteiger charge is 2.27. The maximum atomic E-state index is 9.62. The van der Waals surface area contributed by atoms with Crippen LogP contribution in [0.15, 0.2) is 18.2 Å². The minimum atomic E-state index is 0.207. The number of piperazine rings is 1. The summed E-state index contributed by atoms with van der Waals surface area (Å²) >= 11 is 0. The number of benzene rings is 1. The molecule has 1 aromatic rings. The van der Waals surface area contributed by atoms with Crippen LogP contribution in [0, 0.1) is 0 Å². The summed E-state index contributed by atoms with van der Waals surface area (Å²) in [4.78, 5) is 5.05. The number of nitrogens with one attached hydrogen (secondary N) is 1. The molecule has 0 amide bonds. The lowest BCUT2D eigenvalue weighted by Gasteiger charge is -2.43. The van der Waals surface area contributed by atoms with Crippen molar-refractivity contribution < 1.29 is 9.84 Å². The summed E-state index contributed by atoms with van der Waals surface area (Å²) in [6, 6.07) is 6.37. The van der Waals surface area contributed by atoms with Crippen molar-refractivity contribution in [3.8, 4) is 11.5 Å². The zero-order valence-corrected chi connectivity index (χ0v) is 12.0. The number of ether oxygens (including phenoxy) is 1. The van der Waals surface area contributed by atoms with E-state index in [1.807, 2.05) is 12.1 Å². The molecule has 0 aromatic heterocycles. The van der Waals surface area contributed by atoms with Crippen molar-refractivity contribution in [1.29, 1.82) is 0 Å².